The molecule has 0 radical (unpaired) electrons. The molecule has 0 N–H and O–H groups in total. The van der Waals surface area contributed by atoms with Gasteiger partial charge in [-0.15, -0.1) is 0 Å². The molecule has 0 heterocycles. The largest absolute Gasteiger partial charge is 0.239 e. The molecule has 0 aliphatic carbocycles. The van der Waals surface area contributed by atoms with Gasteiger partial charge in [-0.25, -0.2) is 4.39 Å². The van der Waals surface area contributed by atoms with Gasteiger partial charge in [-0.2, -0.15) is 0 Å². The van der Waals surface area contributed by atoms with Crippen molar-refractivity contribution in [2.75, 3.05) is 0 Å². The van der Waals surface area contributed by atoms with Crippen molar-refractivity contribution in [2.45, 2.75) is 33.4 Å². The molecule has 1 aromatic carbocycles. The molecule has 1 rings (SSSR count). The Morgan fingerprint density at radius 2 is 1.42 bits per heavy atom. The third-order valence-corrected chi connectivity index (χ3v) is 1.46. The molecule has 0 fully saturated rings. The van der Waals surface area contributed by atoms with Crippen LogP contribution in [0.25, 0.3) is 0 Å². The van der Waals surface area contributed by atoms with Crippen molar-refractivity contribution in [3.63, 3.8) is 0 Å². The van der Waals surface area contributed by atoms with E-state index in [0.29, 0.717) is 0 Å². The van der Waals surface area contributed by atoms with E-state index in [9.17, 15) is 4.39 Å². The molecule has 0 aliphatic rings. The number of hydrogen-bond acceptors (Lipinski definition) is 0. The molecule has 1 heteroatoms. The first-order valence-electron chi connectivity index (χ1n) is 4.35. The van der Waals surface area contributed by atoms with Crippen molar-refractivity contribution in [3.05, 3.63) is 35.9 Å². The quantitative estimate of drug-likeness (QED) is 0.596. The van der Waals surface area contributed by atoms with Gasteiger partial charge in [0, 0.05) is 0 Å². The van der Waals surface area contributed by atoms with E-state index in [0.717, 1.165) is 5.56 Å². The minimum absolute atomic E-state index is 0.731. The highest BCUT2D eigenvalue weighted by atomic mass is 19.1. The zero-order chi connectivity index (χ0) is 9.61. The van der Waals surface area contributed by atoms with Crippen molar-refractivity contribution in [3.8, 4) is 0 Å². The van der Waals surface area contributed by atoms with Crippen LogP contribution in [0.2, 0.25) is 0 Å². The van der Waals surface area contributed by atoms with Crippen molar-refractivity contribution < 1.29 is 4.39 Å². The van der Waals surface area contributed by atoms with Crippen molar-refractivity contribution in [1.82, 2.24) is 0 Å². The van der Waals surface area contributed by atoms with Crippen molar-refractivity contribution in [1.29, 1.82) is 0 Å². The molecule has 0 amide bonds. The van der Waals surface area contributed by atoms with Crippen LogP contribution in [-0.4, -0.2) is 0 Å². The Morgan fingerprint density at radius 1 is 1.00 bits per heavy atom. The molecule has 1 aromatic rings. The minimum Gasteiger partial charge on any atom is -0.239 e. The molecule has 0 saturated heterocycles. The second kappa shape index (κ2) is 4.91. The predicted molar refractivity (Wildman–Crippen MR) is 51.9 cm³/mol. The van der Waals surface area contributed by atoms with Crippen LogP contribution < -0.4 is 0 Å². The molecule has 0 nitrogen and oxygen atoms in total. The standard InChI is InChI=1S/C9H11F.C2H6/c1-9(2,10)8-6-4-3-5-7-8;1-2/h3-7H,1-2H3;1-2H3. The summed E-state index contributed by atoms with van der Waals surface area (Å²) in [6, 6.07) is 9.16. The number of benzene rings is 1. The first-order chi connectivity index (χ1) is 5.61. The summed E-state index contributed by atoms with van der Waals surface area (Å²) < 4.78 is 13.1. The lowest BCUT2D eigenvalue weighted by Crippen LogP contribution is -2.07. The Kier molecular flexibility index (Phi) is 4.57. The third-order valence-electron chi connectivity index (χ3n) is 1.46. The van der Waals surface area contributed by atoms with Gasteiger partial charge in [0.15, 0.2) is 0 Å². The summed E-state index contributed by atoms with van der Waals surface area (Å²) in [6.45, 7) is 7.12. The van der Waals surface area contributed by atoms with E-state index >= 15 is 0 Å². The van der Waals surface area contributed by atoms with E-state index in [2.05, 4.69) is 0 Å². The van der Waals surface area contributed by atoms with Crippen LogP contribution in [0.3, 0.4) is 0 Å². The van der Waals surface area contributed by atoms with Crippen LogP contribution >= 0.6 is 0 Å². The SMILES string of the molecule is CC.CC(C)(F)c1ccccc1. The molecular weight excluding hydrogens is 151 g/mol. The van der Waals surface area contributed by atoms with Gasteiger partial charge in [0.2, 0.25) is 0 Å². The second-order valence-corrected chi connectivity index (χ2v) is 2.84. The average Bonchev–Trinajstić information content (AvgIpc) is 2.08. The first kappa shape index (κ1) is 11.2. The fourth-order valence-electron chi connectivity index (χ4n) is 0.834. The lowest BCUT2D eigenvalue weighted by Gasteiger charge is -2.13. The van der Waals surface area contributed by atoms with Gasteiger partial charge < -0.3 is 0 Å². The van der Waals surface area contributed by atoms with Crippen LogP contribution in [0.15, 0.2) is 30.3 Å². The van der Waals surface area contributed by atoms with Gasteiger partial charge in [0.25, 0.3) is 0 Å². The number of halogens is 1. The summed E-state index contributed by atoms with van der Waals surface area (Å²) in [5, 5.41) is 0. The normalized spacial score (nSPS) is 10.1. The number of rotatable bonds is 1. The highest BCUT2D eigenvalue weighted by molar-refractivity contribution is 5.20. The van der Waals surface area contributed by atoms with E-state index in [-0.39, 0.29) is 0 Å². The Bertz CT molecular complexity index is 196. The van der Waals surface area contributed by atoms with E-state index in [1.807, 2.05) is 32.0 Å². The Morgan fingerprint density at radius 3 is 1.67 bits per heavy atom. The maximum Gasteiger partial charge on any atom is 0.130 e. The number of alkyl halides is 1. The van der Waals surface area contributed by atoms with Crippen LogP contribution in [0.5, 0.6) is 0 Å². The van der Waals surface area contributed by atoms with Gasteiger partial charge in [0.05, 0.1) is 0 Å². The molecule has 0 spiro atoms. The van der Waals surface area contributed by atoms with Gasteiger partial charge in [-0.1, -0.05) is 44.2 Å². The zero-order valence-corrected chi connectivity index (χ0v) is 8.26. The van der Waals surface area contributed by atoms with E-state index in [1.165, 1.54) is 0 Å². The smallest absolute Gasteiger partial charge is 0.130 e. The molecular formula is C11H17F. The van der Waals surface area contributed by atoms with Crippen molar-refractivity contribution in [2.24, 2.45) is 0 Å². The van der Waals surface area contributed by atoms with E-state index in [4.69, 9.17) is 0 Å². The second-order valence-electron chi connectivity index (χ2n) is 2.84. The van der Waals surface area contributed by atoms with Crippen LogP contribution in [0.1, 0.15) is 33.3 Å². The van der Waals surface area contributed by atoms with Crippen molar-refractivity contribution >= 4 is 0 Å². The third kappa shape index (κ3) is 3.51. The predicted octanol–water partition coefficient (Wildman–Crippen LogP) is 3.92. The molecule has 68 valence electrons. The Hall–Kier alpha value is -0.850. The van der Waals surface area contributed by atoms with Gasteiger partial charge in [-0.05, 0) is 19.4 Å². The summed E-state index contributed by atoms with van der Waals surface area (Å²) in [4.78, 5) is 0. The molecule has 0 bridgehead atoms. The molecule has 12 heavy (non-hydrogen) atoms. The lowest BCUT2D eigenvalue weighted by molar-refractivity contribution is 0.221. The minimum atomic E-state index is -1.21. The maximum absolute atomic E-state index is 13.1. The highest BCUT2D eigenvalue weighted by Gasteiger charge is 2.16. The molecule has 0 saturated carbocycles. The number of hydrogen-bond donors (Lipinski definition) is 0. The molecule has 0 aliphatic heterocycles. The summed E-state index contributed by atoms with van der Waals surface area (Å²) in [7, 11) is 0. The fourth-order valence-corrected chi connectivity index (χ4v) is 0.834. The fraction of sp³-hybridized carbons (Fsp3) is 0.455. The van der Waals surface area contributed by atoms with Crippen LogP contribution in [0.4, 0.5) is 4.39 Å². The van der Waals surface area contributed by atoms with Crippen LogP contribution in [-0.2, 0) is 5.67 Å². The topological polar surface area (TPSA) is 0 Å². The summed E-state index contributed by atoms with van der Waals surface area (Å²) >= 11 is 0. The molecule has 0 aromatic heterocycles. The highest BCUT2D eigenvalue weighted by Crippen LogP contribution is 2.23. The Balaban J connectivity index is 0.000000561. The summed E-state index contributed by atoms with van der Waals surface area (Å²) in [6.07, 6.45) is 0. The summed E-state index contributed by atoms with van der Waals surface area (Å²) in [5.41, 5.74) is -0.476. The van der Waals surface area contributed by atoms with Gasteiger partial charge in [0.1, 0.15) is 5.67 Å². The summed E-state index contributed by atoms with van der Waals surface area (Å²) in [5.74, 6) is 0. The van der Waals surface area contributed by atoms with Crippen LogP contribution in [0, 0.1) is 0 Å². The lowest BCUT2D eigenvalue weighted by atomic mass is 10.0. The molecule has 0 unspecified atom stereocenters. The van der Waals surface area contributed by atoms with E-state index in [1.54, 1.807) is 26.0 Å². The van der Waals surface area contributed by atoms with E-state index < -0.39 is 5.67 Å². The van der Waals surface area contributed by atoms with Gasteiger partial charge in [-0.3, -0.25) is 0 Å². The monoisotopic (exact) mass is 168 g/mol. The first-order valence-corrected chi connectivity index (χ1v) is 4.35. The maximum atomic E-state index is 13.1. The average molecular weight is 168 g/mol. The van der Waals surface area contributed by atoms with Gasteiger partial charge >= 0.3 is 0 Å². The molecule has 0 atom stereocenters. The zero-order valence-electron chi connectivity index (χ0n) is 8.26. The Labute approximate surface area is 74.4 Å².